The lowest BCUT2D eigenvalue weighted by Crippen LogP contribution is -2.32. The molecule has 1 atom stereocenters. The Balaban J connectivity index is 2.11. The largest absolute Gasteiger partial charge is 0.510 e. The minimum Gasteiger partial charge on any atom is -0.510 e. The molecule has 0 saturated heterocycles. The number of fused-ring (bicyclic) bond motifs is 1. The molecule has 1 aromatic rings. The highest BCUT2D eigenvalue weighted by Crippen LogP contribution is 2.30. The molecule has 0 saturated carbocycles. The summed E-state index contributed by atoms with van der Waals surface area (Å²) in [5.41, 5.74) is 3.22. The van der Waals surface area contributed by atoms with Gasteiger partial charge in [-0.25, -0.2) is 0 Å². The summed E-state index contributed by atoms with van der Waals surface area (Å²) in [6.07, 6.45) is 12.6. The van der Waals surface area contributed by atoms with Crippen LogP contribution in [-0.4, -0.2) is 40.7 Å². The number of allylic oxidation sites excluding steroid dienone is 4. The number of amides is 1. The molecule has 2 rings (SSSR count). The Kier molecular flexibility index (Phi) is 11.3. The fraction of sp³-hybridized carbons (Fsp3) is 0.464. The molecular weight excluding hydrogens is 442 g/mol. The van der Waals surface area contributed by atoms with E-state index in [1.54, 1.807) is 17.0 Å². The van der Waals surface area contributed by atoms with Crippen molar-refractivity contribution in [3.63, 3.8) is 0 Å². The van der Waals surface area contributed by atoms with E-state index in [4.69, 9.17) is 0 Å². The lowest BCUT2D eigenvalue weighted by molar-refractivity contribution is 0.0790. The zero-order chi connectivity index (χ0) is 25.8. The number of nitroso groups, excluding NO2 is 1. The predicted octanol–water partition coefficient (Wildman–Crippen LogP) is 7.34. The van der Waals surface area contributed by atoms with Crippen LogP contribution in [0.5, 0.6) is 0 Å². The first-order chi connectivity index (χ1) is 16.7. The number of nitrogens with zero attached hydrogens (tertiary/aromatic N) is 2. The number of anilines is 1. The normalized spacial score (nSPS) is 18.7. The summed E-state index contributed by atoms with van der Waals surface area (Å²) in [5, 5.41) is 26.1. The molecule has 1 heterocycles. The van der Waals surface area contributed by atoms with Crippen molar-refractivity contribution in [2.24, 2.45) is 11.1 Å². The standard InChI is InChI=1S/C28H39N3O4/c1-20(2)8-5-9-21(3)10-6-11-22(4)14-16-31-17-15-23(32)18-24(33)19-29-27-25(28(31)34)12-7-13-26(27)30-35/h7-8,12-15,18,21,29,32-33H,5-6,9-11,16-17,19H2,1-4H3/b22-14+,23-15+,24-18+. The number of benzene rings is 1. The molecule has 1 aromatic carbocycles. The third-order valence-electron chi connectivity index (χ3n) is 6.08. The summed E-state index contributed by atoms with van der Waals surface area (Å²) in [5.74, 6) is 0.121. The van der Waals surface area contributed by atoms with E-state index in [-0.39, 0.29) is 41.9 Å². The number of carbonyl (C=O) groups is 1. The molecule has 7 nitrogen and oxygen atoms in total. The number of carbonyl (C=O) groups excluding carboxylic acids is 1. The van der Waals surface area contributed by atoms with E-state index in [0.717, 1.165) is 25.7 Å². The predicted molar refractivity (Wildman–Crippen MR) is 143 cm³/mol. The second-order valence-electron chi connectivity index (χ2n) is 9.53. The van der Waals surface area contributed by atoms with Crippen molar-refractivity contribution in [2.45, 2.75) is 59.8 Å². The Hall–Kier alpha value is -3.35. The Labute approximate surface area is 208 Å². The van der Waals surface area contributed by atoms with Gasteiger partial charge < -0.3 is 20.4 Å². The van der Waals surface area contributed by atoms with Crippen LogP contribution in [0.2, 0.25) is 0 Å². The first-order valence-corrected chi connectivity index (χ1v) is 12.3. The summed E-state index contributed by atoms with van der Waals surface area (Å²) in [6.45, 7) is 9.08. The van der Waals surface area contributed by atoms with E-state index in [0.29, 0.717) is 18.0 Å². The summed E-state index contributed by atoms with van der Waals surface area (Å²) in [4.78, 5) is 26.3. The van der Waals surface area contributed by atoms with E-state index >= 15 is 0 Å². The number of aliphatic hydroxyl groups excluding tert-OH is 2. The number of rotatable bonds is 10. The summed E-state index contributed by atoms with van der Waals surface area (Å²) >= 11 is 0. The molecular formula is C28H39N3O4. The Bertz CT molecular complexity index is 1000. The maximum absolute atomic E-state index is 13.4. The van der Waals surface area contributed by atoms with Crippen LogP contribution in [0.15, 0.2) is 70.3 Å². The third-order valence-corrected chi connectivity index (χ3v) is 6.08. The highest BCUT2D eigenvalue weighted by molar-refractivity contribution is 6.02. The van der Waals surface area contributed by atoms with Gasteiger partial charge in [-0.15, -0.1) is 4.91 Å². The number of aliphatic hydroxyl groups is 2. The molecule has 3 N–H and O–H groups in total. The first kappa shape index (κ1) is 27.9. The fourth-order valence-corrected chi connectivity index (χ4v) is 3.95. The Morgan fingerprint density at radius 1 is 1.20 bits per heavy atom. The van der Waals surface area contributed by atoms with E-state index < -0.39 is 0 Å². The van der Waals surface area contributed by atoms with Crippen LogP contribution >= 0.6 is 0 Å². The molecule has 0 aliphatic carbocycles. The lowest BCUT2D eigenvalue weighted by atomic mass is 9.97. The van der Waals surface area contributed by atoms with Gasteiger partial charge in [0.1, 0.15) is 17.2 Å². The van der Waals surface area contributed by atoms with Crippen molar-refractivity contribution < 1.29 is 15.0 Å². The maximum Gasteiger partial charge on any atom is 0.256 e. The van der Waals surface area contributed by atoms with Crippen molar-refractivity contribution >= 4 is 17.3 Å². The maximum atomic E-state index is 13.4. The average Bonchev–Trinajstić information content (AvgIpc) is 2.83. The summed E-state index contributed by atoms with van der Waals surface area (Å²) in [6, 6.07) is 4.74. The van der Waals surface area contributed by atoms with Gasteiger partial charge in [0.25, 0.3) is 5.91 Å². The highest BCUT2D eigenvalue weighted by Gasteiger charge is 2.21. The van der Waals surface area contributed by atoms with Crippen LogP contribution in [0, 0.1) is 10.8 Å². The first-order valence-electron chi connectivity index (χ1n) is 12.3. The number of nitrogens with one attached hydrogen (secondary N) is 1. The van der Waals surface area contributed by atoms with Gasteiger partial charge in [0.2, 0.25) is 0 Å². The molecule has 1 amide bonds. The van der Waals surface area contributed by atoms with Gasteiger partial charge >= 0.3 is 0 Å². The van der Waals surface area contributed by atoms with Crippen LogP contribution in [0.3, 0.4) is 0 Å². The number of para-hydroxylation sites is 1. The fourth-order valence-electron chi connectivity index (χ4n) is 3.95. The van der Waals surface area contributed by atoms with Crippen LogP contribution in [0.4, 0.5) is 11.4 Å². The van der Waals surface area contributed by atoms with Gasteiger partial charge in [0.05, 0.1) is 17.8 Å². The van der Waals surface area contributed by atoms with Gasteiger partial charge in [0, 0.05) is 19.2 Å². The van der Waals surface area contributed by atoms with E-state index in [9.17, 15) is 19.9 Å². The molecule has 1 aliphatic rings. The molecule has 0 fully saturated rings. The molecule has 190 valence electrons. The molecule has 35 heavy (non-hydrogen) atoms. The van der Waals surface area contributed by atoms with Crippen molar-refractivity contribution in [3.8, 4) is 0 Å². The van der Waals surface area contributed by atoms with Crippen molar-refractivity contribution in [1.82, 2.24) is 4.90 Å². The number of hydrogen-bond acceptors (Lipinski definition) is 6. The van der Waals surface area contributed by atoms with Crippen LogP contribution < -0.4 is 5.32 Å². The molecule has 1 aliphatic heterocycles. The van der Waals surface area contributed by atoms with Crippen molar-refractivity contribution in [1.29, 1.82) is 0 Å². The SMILES string of the molecule is CC(C)=CCCC(C)CCC/C(C)=C/CN1C/C=C(O)\C=C(\O)CNc2c(N=O)cccc2C1=O. The molecule has 0 radical (unpaired) electrons. The second-order valence-corrected chi connectivity index (χ2v) is 9.53. The quantitative estimate of drug-likeness (QED) is 0.240. The van der Waals surface area contributed by atoms with Crippen LogP contribution in [-0.2, 0) is 0 Å². The molecule has 0 spiro atoms. The monoisotopic (exact) mass is 481 g/mol. The summed E-state index contributed by atoms with van der Waals surface area (Å²) < 4.78 is 0. The Morgan fingerprint density at radius 3 is 2.69 bits per heavy atom. The van der Waals surface area contributed by atoms with Crippen molar-refractivity contribution in [3.05, 3.63) is 75.6 Å². The molecule has 0 aromatic heterocycles. The smallest absolute Gasteiger partial charge is 0.256 e. The van der Waals surface area contributed by atoms with Gasteiger partial charge in [-0.3, -0.25) is 4.79 Å². The van der Waals surface area contributed by atoms with Crippen LogP contribution in [0.1, 0.15) is 70.2 Å². The van der Waals surface area contributed by atoms with Gasteiger partial charge in [0.15, 0.2) is 0 Å². The lowest BCUT2D eigenvalue weighted by Gasteiger charge is -2.22. The third kappa shape index (κ3) is 9.43. The van der Waals surface area contributed by atoms with E-state index in [1.807, 2.05) is 6.08 Å². The molecule has 7 heteroatoms. The second kappa shape index (κ2) is 14.1. The topological polar surface area (TPSA) is 102 Å². The van der Waals surface area contributed by atoms with Crippen molar-refractivity contribution in [2.75, 3.05) is 25.0 Å². The van der Waals surface area contributed by atoms with Gasteiger partial charge in [-0.05, 0) is 75.8 Å². The van der Waals surface area contributed by atoms with E-state index in [1.165, 1.54) is 35.8 Å². The van der Waals surface area contributed by atoms with Gasteiger partial charge in [-0.1, -0.05) is 42.7 Å². The summed E-state index contributed by atoms with van der Waals surface area (Å²) in [7, 11) is 0. The van der Waals surface area contributed by atoms with Gasteiger partial charge in [-0.2, -0.15) is 0 Å². The molecule has 0 bridgehead atoms. The minimum absolute atomic E-state index is 0.0590. The number of hydrogen-bond donors (Lipinski definition) is 3. The zero-order valence-corrected chi connectivity index (χ0v) is 21.4. The van der Waals surface area contributed by atoms with E-state index in [2.05, 4.69) is 44.3 Å². The van der Waals surface area contributed by atoms with Crippen LogP contribution in [0.25, 0.3) is 0 Å². The molecule has 1 unspecified atom stereocenters. The zero-order valence-electron chi connectivity index (χ0n) is 21.4. The Morgan fingerprint density at radius 2 is 1.97 bits per heavy atom. The average molecular weight is 482 g/mol. The highest BCUT2D eigenvalue weighted by atomic mass is 16.3. The minimum atomic E-state index is -0.291.